The number of ether oxygens (including phenoxy) is 2. The van der Waals surface area contributed by atoms with E-state index in [1.165, 1.54) is 36.5 Å². The Morgan fingerprint density at radius 1 is 1.06 bits per heavy atom. The Morgan fingerprint density at radius 2 is 1.76 bits per heavy atom. The number of furan rings is 1. The van der Waals surface area contributed by atoms with Crippen LogP contribution in [0.5, 0.6) is 5.75 Å². The number of carbonyl (C=O) groups excluding carboxylic acids is 3. The molecule has 1 aliphatic heterocycles. The van der Waals surface area contributed by atoms with Crippen molar-refractivity contribution >= 4 is 23.3 Å². The molecule has 1 aromatic heterocycles. The zero-order chi connectivity index (χ0) is 23.5. The van der Waals surface area contributed by atoms with Crippen molar-refractivity contribution < 1.29 is 33.4 Å². The number of methoxy groups -OCH3 is 1. The molecule has 0 spiro atoms. The maximum Gasteiger partial charge on any atom is 0.338 e. The molecule has 33 heavy (non-hydrogen) atoms. The van der Waals surface area contributed by atoms with Crippen molar-refractivity contribution in [2.75, 3.05) is 18.6 Å². The lowest BCUT2D eigenvalue weighted by molar-refractivity contribution is -0.117. The Bertz CT molecular complexity index is 1210. The van der Waals surface area contributed by atoms with Gasteiger partial charge in [0.1, 0.15) is 5.75 Å². The van der Waals surface area contributed by atoms with Crippen molar-refractivity contribution in [1.82, 2.24) is 0 Å². The van der Waals surface area contributed by atoms with Crippen molar-refractivity contribution in [3.8, 4) is 5.75 Å². The number of esters is 1. The summed E-state index contributed by atoms with van der Waals surface area (Å²) >= 11 is 0. The number of aliphatic hydroxyl groups is 1. The van der Waals surface area contributed by atoms with E-state index in [0.29, 0.717) is 22.6 Å². The predicted molar refractivity (Wildman–Crippen MR) is 118 cm³/mol. The fourth-order valence-corrected chi connectivity index (χ4v) is 3.72. The second-order valence-corrected chi connectivity index (χ2v) is 7.19. The first kappa shape index (κ1) is 21.9. The largest absolute Gasteiger partial charge is 0.503 e. The molecular weight excluding hydrogens is 426 g/mol. The van der Waals surface area contributed by atoms with Gasteiger partial charge < -0.3 is 19.0 Å². The molecule has 0 saturated carbocycles. The van der Waals surface area contributed by atoms with Gasteiger partial charge in [-0.3, -0.25) is 14.5 Å². The number of hydrogen-bond acceptors (Lipinski definition) is 7. The summed E-state index contributed by atoms with van der Waals surface area (Å²) in [5.74, 6) is -1.89. The SMILES string of the molecule is CCOC(=O)c1ccc(N2C(=O)C(O)=C(C(=O)c3ccco3)C2c2ccc(OC)cc2)cc1. The molecule has 8 heteroatoms. The topological polar surface area (TPSA) is 106 Å². The summed E-state index contributed by atoms with van der Waals surface area (Å²) in [5, 5.41) is 10.7. The lowest BCUT2D eigenvalue weighted by Gasteiger charge is -2.27. The Labute approximate surface area is 189 Å². The summed E-state index contributed by atoms with van der Waals surface area (Å²) in [5.41, 5.74) is 1.19. The molecule has 0 aliphatic carbocycles. The molecule has 0 radical (unpaired) electrons. The Balaban J connectivity index is 1.79. The summed E-state index contributed by atoms with van der Waals surface area (Å²) in [7, 11) is 1.53. The number of anilines is 1. The molecule has 0 fully saturated rings. The minimum absolute atomic E-state index is 0.00220. The first-order chi connectivity index (χ1) is 16.0. The van der Waals surface area contributed by atoms with Crippen LogP contribution in [0.1, 0.15) is 39.4 Å². The maximum absolute atomic E-state index is 13.2. The Hall–Kier alpha value is -4.33. The molecule has 0 bridgehead atoms. The fourth-order valence-electron chi connectivity index (χ4n) is 3.72. The molecule has 1 N–H and O–H groups in total. The average Bonchev–Trinajstić information content (AvgIpc) is 3.46. The van der Waals surface area contributed by atoms with Gasteiger partial charge >= 0.3 is 5.97 Å². The number of Topliss-reactive ketones (excluding diaryl/α,β-unsaturated/α-hetero) is 1. The molecule has 8 nitrogen and oxygen atoms in total. The van der Waals surface area contributed by atoms with Crippen molar-refractivity contribution in [3.63, 3.8) is 0 Å². The number of rotatable bonds is 7. The number of benzene rings is 2. The van der Waals surface area contributed by atoms with Gasteiger partial charge in [0.25, 0.3) is 5.91 Å². The second kappa shape index (κ2) is 9.04. The van der Waals surface area contributed by atoms with E-state index in [4.69, 9.17) is 13.9 Å². The average molecular weight is 447 g/mol. The van der Waals surface area contributed by atoms with E-state index in [2.05, 4.69) is 0 Å². The third-order valence-corrected chi connectivity index (χ3v) is 5.29. The molecule has 2 aromatic carbocycles. The molecule has 0 saturated heterocycles. The molecule has 1 atom stereocenters. The quantitative estimate of drug-likeness (QED) is 0.426. The van der Waals surface area contributed by atoms with Gasteiger partial charge in [0.2, 0.25) is 5.78 Å². The molecular formula is C25H21NO7. The minimum Gasteiger partial charge on any atom is -0.503 e. The van der Waals surface area contributed by atoms with Crippen LogP contribution in [0.2, 0.25) is 0 Å². The maximum atomic E-state index is 13.2. The van der Waals surface area contributed by atoms with E-state index in [1.54, 1.807) is 49.4 Å². The molecule has 3 aromatic rings. The third-order valence-electron chi connectivity index (χ3n) is 5.29. The van der Waals surface area contributed by atoms with Crippen molar-refractivity contribution in [2.45, 2.75) is 13.0 Å². The van der Waals surface area contributed by atoms with Crippen LogP contribution in [-0.4, -0.2) is 36.5 Å². The highest BCUT2D eigenvalue weighted by Crippen LogP contribution is 2.42. The fraction of sp³-hybridized carbons (Fsp3) is 0.160. The van der Waals surface area contributed by atoms with Gasteiger partial charge in [-0.25, -0.2) is 4.79 Å². The number of ketones is 1. The lowest BCUT2D eigenvalue weighted by Crippen LogP contribution is -2.31. The molecule has 1 aliphatic rings. The van der Waals surface area contributed by atoms with Crippen LogP contribution in [0.15, 0.2) is 82.7 Å². The standard InChI is InChI=1S/C25H21NO7/c1-3-32-25(30)16-6-10-17(11-7-16)26-21(15-8-12-18(31-2)13-9-15)20(23(28)24(26)29)22(27)19-5-4-14-33-19/h4-14,21,28H,3H2,1-2H3. The van der Waals surface area contributed by atoms with Crippen LogP contribution >= 0.6 is 0 Å². The summed E-state index contributed by atoms with van der Waals surface area (Å²) in [6.45, 7) is 1.95. The zero-order valence-corrected chi connectivity index (χ0v) is 18.0. The van der Waals surface area contributed by atoms with E-state index in [1.807, 2.05) is 0 Å². The first-order valence-electron chi connectivity index (χ1n) is 10.2. The van der Waals surface area contributed by atoms with E-state index in [0.717, 1.165) is 0 Å². The van der Waals surface area contributed by atoms with Crippen LogP contribution in [0.25, 0.3) is 0 Å². The highest BCUT2D eigenvalue weighted by Gasteiger charge is 2.45. The van der Waals surface area contributed by atoms with Gasteiger partial charge in [-0.15, -0.1) is 0 Å². The Morgan fingerprint density at radius 3 is 2.33 bits per heavy atom. The van der Waals surface area contributed by atoms with Crippen molar-refractivity contribution in [2.24, 2.45) is 0 Å². The monoisotopic (exact) mass is 447 g/mol. The zero-order valence-electron chi connectivity index (χ0n) is 18.0. The summed E-state index contributed by atoms with van der Waals surface area (Å²) < 4.78 is 15.4. The highest BCUT2D eigenvalue weighted by molar-refractivity contribution is 6.20. The number of nitrogens with zero attached hydrogens (tertiary/aromatic N) is 1. The van der Waals surface area contributed by atoms with Crippen molar-refractivity contribution in [3.05, 3.63) is 95.1 Å². The highest BCUT2D eigenvalue weighted by atomic mass is 16.5. The van der Waals surface area contributed by atoms with Gasteiger partial charge in [-0.1, -0.05) is 12.1 Å². The summed E-state index contributed by atoms with van der Waals surface area (Å²) in [6.07, 6.45) is 1.34. The van der Waals surface area contributed by atoms with Crippen molar-refractivity contribution in [1.29, 1.82) is 0 Å². The first-order valence-corrected chi connectivity index (χ1v) is 10.2. The smallest absolute Gasteiger partial charge is 0.338 e. The molecule has 1 amide bonds. The number of hydrogen-bond donors (Lipinski definition) is 1. The van der Waals surface area contributed by atoms with Crippen LogP contribution in [0.3, 0.4) is 0 Å². The Kier molecular flexibility index (Phi) is 5.99. The van der Waals surface area contributed by atoms with Gasteiger partial charge in [0.05, 0.1) is 37.2 Å². The number of amides is 1. The number of carbonyl (C=O) groups is 3. The lowest BCUT2D eigenvalue weighted by atomic mass is 9.94. The van der Waals surface area contributed by atoms with Gasteiger partial charge in [0, 0.05) is 5.69 Å². The third kappa shape index (κ3) is 3.98. The molecule has 1 unspecified atom stereocenters. The molecule has 168 valence electrons. The minimum atomic E-state index is -0.922. The predicted octanol–water partition coefficient (Wildman–Crippen LogP) is 4.25. The van der Waals surface area contributed by atoms with Gasteiger partial charge in [-0.2, -0.15) is 0 Å². The van der Waals surface area contributed by atoms with Crippen LogP contribution < -0.4 is 9.64 Å². The molecule has 2 heterocycles. The van der Waals surface area contributed by atoms with Crippen LogP contribution in [0.4, 0.5) is 5.69 Å². The molecule has 4 rings (SSSR count). The number of aliphatic hydroxyl groups excluding tert-OH is 1. The van der Waals surface area contributed by atoms with E-state index in [9.17, 15) is 19.5 Å². The van der Waals surface area contributed by atoms with Crippen LogP contribution in [0, 0.1) is 0 Å². The normalized spacial score (nSPS) is 15.6. The summed E-state index contributed by atoms with van der Waals surface area (Å²) in [4.78, 5) is 39.6. The van der Waals surface area contributed by atoms with E-state index >= 15 is 0 Å². The van der Waals surface area contributed by atoms with Gasteiger partial charge in [0.15, 0.2) is 11.5 Å². The van der Waals surface area contributed by atoms with E-state index < -0.39 is 29.5 Å². The van der Waals surface area contributed by atoms with E-state index in [-0.39, 0.29) is 17.9 Å². The van der Waals surface area contributed by atoms with Crippen LogP contribution in [-0.2, 0) is 9.53 Å². The van der Waals surface area contributed by atoms with Gasteiger partial charge in [-0.05, 0) is 61.0 Å². The second-order valence-electron chi connectivity index (χ2n) is 7.19. The summed E-state index contributed by atoms with van der Waals surface area (Å²) in [6, 6.07) is 15.1.